The second-order valence-electron chi connectivity index (χ2n) is 7.42. The number of rotatable bonds is 6. The van der Waals surface area contributed by atoms with Crippen LogP contribution >= 0.6 is 11.6 Å². The average molecular weight is 440 g/mol. The van der Waals surface area contributed by atoms with Crippen LogP contribution < -0.4 is 10.1 Å². The molecule has 4 rings (SSSR count). The third-order valence-corrected chi connectivity index (χ3v) is 5.36. The molecule has 2 aliphatic rings. The number of halogens is 1. The molecule has 9 heteroatoms. The third kappa shape index (κ3) is 5.51. The van der Waals surface area contributed by atoms with Crippen molar-refractivity contribution in [3.63, 3.8) is 0 Å². The summed E-state index contributed by atoms with van der Waals surface area (Å²) in [7, 11) is 0. The molecule has 0 spiro atoms. The SMILES string of the molecule is N#CN1CCC=C(c2ccc(CC(=O)Nc3cc(O[C@@H]4CCOC4)c(Cl)cn3)cn2)C1. The van der Waals surface area contributed by atoms with Gasteiger partial charge in [-0.05, 0) is 23.6 Å². The van der Waals surface area contributed by atoms with Gasteiger partial charge in [0.2, 0.25) is 5.91 Å². The Balaban J connectivity index is 1.35. The number of ether oxygens (including phenoxy) is 2. The molecule has 0 aromatic carbocycles. The van der Waals surface area contributed by atoms with Crippen LogP contribution in [0, 0.1) is 11.5 Å². The predicted molar refractivity (Wildman–Crippen MR) is 115 cm³/mol. The molecule has 1 atom stereocenters. The summed E-state index contributed by atoms with van der Waals surface area (Å²) in [4.78, 5) is 22.8. The molecule has 1 saturated heterocycles. The summed E-state index contributed by atoms with van der Waals surface area (Å²) in [6.45, 7) is 2.48. The second kappa shape index (κ2) is 9.77. The van der Waals surface area contributed by atoms with Crippen LogP contribution in [0.4, 0.5) is 5.82 Å². The first-order valence-corrected chi connectivity index (χ1v) is 10.5. The number of pyridine rings is 2. The summed E-state index contributed by atoms with van der Waals surface area (Å²) < 4.78 is 11.2. The third-order valence-electron chi connectivity index (χ3n) is 5.08. The molecule has 0 unspecified atom stereocenters. The van der Waals surface area contributed by atoms with Crippen LogP contribution in [0.2, 0.25) is 5.02 Å². The predicted octanol–water partition coefficient (Wildman–Crippen LogP) is 3.05. The number of nitriles is 1. The van der Waals surface area contributed by atoms with E-state index in [4.69, 9.17) is 26.3 Å². The van der Waals surface area contributed by atoms with Crippen LogP contribution in [0.3, 0.4) is 0 Å². The maximum atomic E-state index is 12.5. The van der Waals surface area contributed by atoms with E-state index >= 15 is 0 Å². The van der Waals surface area contributed by atoms with Gasteiger partial charge in [0.25, 0.3) is 0 Å². The molecule has 160 valence electrons. The fourth-order valence-corrected chi connectivity index (χ4v) is 3.62. The highest BCUT2D eigenvalue weighted by Crippen LogP contribution is 2.28. The fourth-order valence-electron chi connectivity index (χ4n) is 3.47. The van der Waals surface area contributed by atoms with Crippen molar-refractivity contribution in [3.8, 4) is 11.9 Å². The van der Waals surface area contributed by atoms with E-state index < -0.39 is 0 Å². The summed E-state index contributed by atoms with van der Waals surface area (Å²) in [5.74, 6) is 0.629. The first-order chi connectivity index (χ1) is 15.1. The second-order valence-corrected chi connectivity index (χ2v) is 7.83. The minimum Gasteiger partial charge on any atom is -0.486 e. The molecule has 1 N–H and O–H groups in total. The van der Waals surface area contributed by atoms with Crippen molar-refractivity contribution in [1.82, 2.24) is 14.9 Å². The molecule has 1 fully saturated rings. The Morgan fingerprint density at radius 3 is 3.03 bits per heavy atom. The van der Waals surface area contributed by atoms with Gasteiger partial charge in [-0.15, -0.1) is 0 Å². The molecule has 4 heterocycles. The first kappa shape index (κ1) is 21.1. The maximum absolute atomic E-state index is 12.5. The number of carbonyl (C=O) groups is 1. The van der Waals surface area contributed by atoms with Crippen LogP contribution in [-0.2, 0) is 16.0 Å². The zero-order valence-electron chi connectivity index (χ0n) is 16.9. The van der Waals surface area contributed by atoms with Crippen LogP contribution in [0.5, 0.6) is 5.75 Å². The molecule has 1 amide bonds. The summed E-state index contributed by atoms with van der Waals surface area (Å²) >= 11 is 6.16. The van der Waals surface area contributed by atoms with Crippen molar-refractivity contribution < 1.29 is 14.3 Å². The summed E-state index contributed by atoms with van der Waals surface area (Å²) in [6.07, 6.45) is 9.16. The molecular formula is C22H22ClN5O3. The number of hydrogen-bond donors (Lipinski definition) is 1. The van der Waals surface area contributed by atoms with Gasteiger partial charge in [-0.3, -0.25) is 9.78 Å². The Kier molecular flexibility index (Phi) is 6.65. The molecule has 31 heavy (non-hydrogen) atoms. The van der Waals surface area contributed by atoms with Crippen molar-refractivity contribution in [2.45, 2.75) is 25.4 Å². The lowest BCUT2D eigenvalue weighted by Crippen LogP contribution is -2.24. The van der Waals surface area contributed by atoms with Crippen LogP contribution in [0.25, 0.3) is 5.57 Å². The molecule has 0 aliphatic carbocycles. The largest absolute Gasteiger partial charge is 0.486 e. The first-order valence-electron chi connectivity index (χ1n) is 10.1. The zero-order chi connectivity index (χ0) is 21.6. The normalized spacial score (nSPS) is 18.3. The minimum absolute atomic E-state index is 0.0486. The fraction of sp³-hybridized carbons (Fsp3) is 0.364. The maximum Gasteiger partial charge on any atom is 0.230 e. The number of aromatic nitrogens is 2. The van der Waals surface area contributed by atoms with Crippen molar-refractivity contribution >= 4 is 28.9 Å². The monoisotopic (exact) mass is 439 g/mol. The number of nitrogens with zero attached hydrogens (tertiary/aromatic N) is 4. The Bertz CT molecular complexity index is 1010. The van der Waals surface area contributed by atoms with Gasteiger partial charge in [-0.1, -0.05) is 23.7 Å². The highest BCUT2D eigenvalue weighted by atomic mass is 35.5. The van der Waals surface area contributed by atoms with Gasteiger partial charge in [0.05, 0.1) is 38.1 Å². The van der Waals surface area contributed by atoms with E-state index in [1.165, 1.54) is 6.20 Å². The smallest absolute Gasteiger partial charge is 0.230 e. The molecule has 2 aromatic heterocycles. The van der Waals surface area contributed by atoms with Crippen molar-refractivity contribution in [2.24, 2.45) is 0 Å². The number of amides is 1. The van der Waals surface area contributed by atoms with E-state index in [-0.39, 0.29) is 18.4 Å². The minimum atomic E-state index is -0.216. The summed E-state index contributed by atoms with van der Waals surface area (Å²) in [6, 6.07) is 5.37. The lowest BCUT2D eigenvalue weighted by Gasteiger charge is -2.21. The standard InChI is InChI=1S/C22H22ClN5O3/c23-18-11-26-21(9-20(18)31-17-5-7-30-13-17)27-22(29)8-15-3-4-19(25-10-15)16-2-1-6-28(12-16)14-24/h2-4,9-11,17H,1,5-8,12-13H2,(H,26,27,29)/t17-/m1/s1. The van der Waals surface area contributed by atoms with Gasteiger partial charge in [-0.25, -0.2) is 4.98 Å². The van der Waals surface area contributed by atoms with Gasteiger partial charge in [0.15, 0.2) is 6.19 Å². The Morgan fingerprint density at radius 1 is 1.39 bits per heavy atom. The lowest BCUT2D eigenvalue weighted by molar-refractivity contribution is -0.115. The molecule has 8 nitrogen and oxygen atoms in total. The molecule has 0 bridgehead atoms. The summed E-state index contributed by atoms with van der Waals surface area (Å²) in [5, 5.41) is 12.2. The highest BCUT2D eigenvalue weighted by molar-refractivity contribution is 6.32. The van der Waals surface area contributed by atoms with Gasteiger partial charge in [0.1, 0.15) is 22.7 Å². The lowest BCUT2D eigenvalue weighted by atomic mass is 10.1. The van der Waals surface area contributed by atoms with E-state index in [2.05, 4.69) is 27.6 Å². The molecule has 0 radical (unpaired) electrons. The Labute approximate surface area is 185 Å². The van der Waals surface area contributed by atoms with E-state index in [0.717, 1.165) is 36.2 Å². The number of hydrogen-bond acceptors (Lipinski definition) is 7. The Morgan fingerprint density at radius 2 is 2.29 bits per heavy atom. The molecule has 0 saturated carbocycles. The van der Waals surface area contributed by atoms with Gasteiger partial charge in [-0.2, -0.15) is 5.26 Å². The van der Waals surface area contributed by atoms with Crippen LogP contribution in [-0.4, -0.2) is 53.2 Å². The van der Waals surface area contributed by atoms with E-state index in [0.29, 0.717) is 36.3 Å². The average Bonchev–Trinajstić information content (AvgIpc) is 3.30. The van der Waals surface area contributed by atoms with Gasteiger partial charge in [0, 0.05) is 25.2 Å². The van der Waals surface area contributed by atoms with E-state index in [9.17, 15) is 4.79 Å². The van der Waals surface area contributed by atoms with E-state index in [1.54, 1.807) is 17.2 Å². The topological polar surface area (TPSA) is 100 Å². The number of carbonyl (C=O) groups excluding carboxylic acids is 1. The van der Waals surface area contributed by atoms with Gasteiger partial charge < -0.3 is 19.7 Å². The number of nitrogens with one attached hydrogen (secondary N) is 1. The van der Waals surface area contributed by atoms with Crippen molar-refractivity contribution in [2.75, 3.05) is 31.6 Å². The molecule has 2 aliphatic heterocycles. The zero-order valence-corrected chi connectivity index (χ0v) is 17.6. The van der Waals surface area contributed by atoms with Crippen molar-refractivity contribution in [3.05, 3.63) is 52.9 Å². The quantitative estimate of drug-likeness (QED) is 0.690. The molecular weight excluding hydrogens is 418 g/mol. The van der Waals surface area contributed by atoms with Crippen LogP contribution in [0.15, 0.2) is 36.7 Å². The Hall–Kier alpha value is -3.15. The van der Waals surface area contributed by atoms with Gasteiger partial charge >= 0.3 is 0 Å². The highest BCUT2D eigenvalue weighted by Gasteiger charge is 2.19. The number of anilines is 1. The van der Waals surface area contributed by atoms with E-state index in [1.807, 2.05) is 12.1 Å². The summed E-state index contributed by atoms with van der Waals surface area (Å²) in [5.41, 5.74) is 2.62. The van der Waals surface area contributed by atoms with Crippen molar-refractivity contribution in [1.29, 1.82) is 5.26 Å². The van der Waals surface area contributed by atoms with Crippen LogP contribution in [0.1, 0.15) is 24.1 Å². The molecule has 2 aromatic rings.